The van der Waals surface area contributed by atoms with Gasteiger partial charge < -0.3 is 29.7 Å². The van der Waals surface area contributed by atoms with Crippen LogP contribution in [-0.2, 0) is 23.9 Å². The van der Waals surface area contributed by atoms with Gasteiger partial charge in [0.05, 0.1) is 25.6 Å². The first-order valence-corrected chi connectivity index (χ1v) is 14.7. The first-order chi connectivity index (χ1) is 22.9. The van der Waals surface area contributed by atoms with Gasteiger partial charge in [-0.3, -0.25) is 9.59 Å². The molecule has 2 amide bonds. The molecule has 4 aromatic carbocycles. The molecule has 1 aromatic heterocycles. The molecule has 0 aliphatic carbocycles. The first kappa shape index (κ1) is 33.8. The van der Waals surface area contributed by atoms with Crippen molar-refractivity contribution in [2.45, 2.75) is 32.4 Å². The molecule has 0 spiro atoms. The van der Waals surface area contributed by atoms with E-state index >= 15 is 0 Å². The Balaban J connectivity index is 1.24. The van der Waals surface area contributed by atoms with Crippen molar-refractivity contribution in [3.05, 3.63) is 119 Å². The lowest BCUT2D eigenvalue weighted by Gasteiger charge is -2.24. The summed E-state index contributed by atoms with van der Waals surface area (Å²) in [4.78, 5) is 31.7. The number of hydrogen-bond donors (Lipinski definition) is 3. The van der Waals surface area contributed by atoms with E-state index in [1.807, 2.05) is 31.2 Å². The summed E-state index contributed by atoms with van der Waals surface area (Å²) < 4.78 is 50.9. The van der Waals surface area contributed by atoms with Gasteiger partial charge in [0.15, 0.2) is 6.29 Å². The van der Waals surface area contributed by atoms with Gasteiger partial charge in [0.1, 0.15) is 5.75 Å². The molecule has 248 valence electrons. The molecule has 5 aromatic rings. The zero-order valence-electron chi connectivity index (χ0n) is 25.9. The van der Waals surface area contributed by atoms with Crippen LogP contribution < -0.4 is 10.1 Å². The second-order valence-electron chi connectivity index (χ2n) is 11.0. The Morgan fingerprint density at radius 3 is 2.33 bits per heavy atom. The second kappa shape index (κ2) is 14.5. The minimum absolute atomic E-state index is 0.0166. The molecule has 0 bridgehead atoms. The van der Waals surface area contributed by atoms with E-state index in [4.69, 9.17) is 9.26 Å². The number of carbonyl (C=O) groups is 2. The number of ether oxygens (including phenoxy) is 1. The molecule has 0 unspecified atom stereocenters. The molecule has 0 fully saturated rings. The van der Waals surface area contributed by atoms with Gasteiger partial charge in [0.2, 0.25) is 11.7 Å². The maximum atomic E-state index is 13.5. The van der Waals surface area contributed by atoms with Crippen molar-refractivity contribution in [2.75, 3.05) is 19.0 Å². The lowest BCUT2D eigenvalue weighted by atomic mass is 10.0. The number of nitrogens with one attached hydrogen (secondary N) is 1. The third kappa shape index (κ3) is 8.43. The molecule has 13 heteroatoms. The first-order valence-electron chi connectivity index (χ1n) is 14.7. The summed E-state index contributed by atoms with van der Waals surface area (Å²) in [7, 11) is 1.25. The van der Waals surface area contributed by atoms with Crippen molar-refractivity contribution >= 4 is 17.5 Å². The zero-order valence-corrected chi connectivity index (χ0v) is 25.9. The van der Waals surface area contributed by atoms with Gasteiger partial charge in [-0.05, 0) is 72.6 Å². The molecule has 0 atom stereocenters. The van der Waals surface area contributed by atoms with E-state index in [0.717, 1.165) is 17.2 Å². The molecule has 0 radical (unpaired) electrons. The van der Waals surface area contributed by atoms with Gasteiger partial charge in [-0.15, -0.1) is 0 Å². The fourth-order valence-electron chi connectivity index (χ4n) is 4.99. The summed E-state index contributed by atoms with van der Waals surface area (Å²) in [6, 6.07) is 23.8. The molecule has 1 heterocycles. The largest absolute Gasteiger partial charge is 0.497 e. The molecule has 10 nitrogen and oxygen atoms in total. The fraction of sp³-hybridized carbons (Fsp3) is 0.200. The Morgan fingerprint density at radius 1 is 0.958 bits per heavy atom. The third-order valence-corrected chi connectivity index (χ3v) is 7.34. The van der Waals surface area contributed by atoms with Crippen molar-refractivity contribution in [3.63, 3.8) is 0 Å². The molecule has 0 saturated heterocycles. The van der Waals surface area contributed by atoms with Crippen molar-refractivity contribution in [3.8, 4) is 28.6 Å². The Bertz CT molecular complexity index is 1890. The van der Waals surface area contributed by atoms with E-state index in [2.05, 4.69) is 15.5 Å². The smallest absolute Gasteiger partial charge is 0.416 e. The predicted molar refractivity (Wildman–Crippen MR) is 170 cm³/mol. The van der Waals surface area contributed by atoms with Gasteiger partial charge in [0.25, 0.3) is 11.8 Å². The Morgan fingerprint density at radius 2 is 1.69 bits per heavy atom. The SMILES string of the molecule is COc1ccc(CC(=O)Nc2ccc(C(=O)N(Cc3ccc(-c4nc(-c5cccc(C)c5)no4)cc3)CC(O)O)cc2)c(C(F)(F)F)c1. The summed E-state index contributed by atoms with van der Waals surface area (Å²) in [6.07, 6.45) is -7.02. The van der Waals surface area contributed by atoms with Crippen LogP contribution in [0.4, 0.5) is 18.9 Å². The van der Waals surface area contributed by atoms with Crippen molar-refractivity contribution in [1.29, 1.82) is 0 Å². The Hall–Kier alpha value is -5.53. The minimum atomic E-state index is -4.68. The maximum absolute atomic E-state index is 13.5. The maximum Gasteiger partial charge on any atom is 0.416 e. The number of nitrogens with zero attached hydrogens (tertiary/aromatic N) is 3. The van der Waals surface area contributed by atoms with E-state index in [9.17, 15) is 33.0 Å². The molecule has 5 rings (SSSR count). The predicted octanol–water partition coefficient (Wildman–Crippen LogP) is 5.87. The minimum Gasteiger partial charge on any atom is -0.497 e. The highest BCUT2D eigenvalue weighted by molar-refractivity contribution is 5.96. The normalized spacial score (nSPS) is 11.4. The van der Waals surface area contributed by atoms with Crippen molar-refractivity contribution < 1.29 is 42.2 Å². The molecule has 3 N–H and O–H groups in total. The summed E-state index contributed by atoms with van der Waals surface area (Å²) in [5, 5.41) is 25.9. The van der Waals surface area contributed by atoms with Crippen LogP contribution >= 0.6 is 0 Å². The topological polar surface area (TPSA) is 138 Å². The number of halogens is 3. The van der Waals surface area contributed by atoms with E-state index in [1.165, 1.54) is 48.4 Å². The average molecular weight is 661 g/mol. The highest BCUT2D eigenvalue weighted by atomic mass is 19.4. The zero-order chi connectivity index (χ0) is 34.4. The number of aryl methyl sites for hydroxylation is 1. The Kier molecular flexibility index (Phi) is 10.2. The molecular weight excluding hydrogens is 629 g/mol. The fourth-order valence-corrected chi connectivity index (χ4v) is 4.99. The van der Waals surface area contributed by atoms with Crippen LogP contribution in [-0.4, -0.2) is 57.0 Å². The highest BCUT2D eigenvalue weighted by Crippen LogP contribution is 2.35. The van der Waals surface area contributed by atoms with E-state index in [-0.39, 0.29) is 35.7 Å². The van der Waals surface area contributed by atoms with Crippen LogP contribution in [0.5, 0.6) is 5.75 Å². The number of carbonyl (C=O) groups excluding carboxylic acids is 2. The number of rotatable bonds is 11. The number of alkyl halides is 3. The van der Waals surface area contributed by atoms with Crippen LogP contribution in [0.15, 0.2) is 95.5 Å². The quantitative estimate of drug-likeness (QED) is 0.150. The van der Waals surface area contributed by atoms with Crippen LogP contribution in [0.1, 0.15) is 32.6 Å². The van der Waals surface area contributed by atoms with E-state index in [0.29, 0.717) is 22.8 Å². The monoisotopic (exact) mass is 660 g/mol. The summed E-state index contributed by atoms with van der Waals surface area (Å²) in [5.41, 5.74) is 2.48. The number of aliphatic hydroxyl groups is 2. The summed E-state index contributed by atoms with van der Waals surface area (Å²) >= 11 is 0. The van der Waals surface area contributed by atoms with Gasteiger partial charge in [0, 0.05) is 28.9 Å². The van der Waals surface area contributed by atoms with Crippen LogP contribution in [0.25, 0.3) is 22.8 Å². The lowest BCUT2D eigenvalue weighted by Crippen LogP contribution is -2.37. The molecule has 0 aliphatic rings. The number of aliphatic hydroxyl groups excluding tert-OH is 1. The third-order valence-electron chi connectivity index (χ3n) is 7.34. The number of anilines is 1. The second-order valence-corrected chi connectivity index (χ2v) is 11.0. The number of methoxy groups -OCH3 is 1. The van der Waals surface area contributed by atoms with Crippen molar-refractivity contribution in [1.82, 2.24) is 15.0 Å². The van der Waals surface area contributed by atoms with Gasteiger partial charge >= 0.3 is 6.18 Å². The summed E-state index contributed by atoms with van der Waals surface area (Å²) in [5.74, 6) is -0.426. The molecule has 0 aliphatic heterocycles. The number of benzene rings is 4. The average Bonchev–Trinajstić information content (AvgIpc) is 3.55. The molecule has 48 heavy (non-hydrogen) atoms. The molecular formula is C35H31F3N4O6. The van der Waals surface area contributed by atoms with Gasteiger partial charge in [-0.25, -0.2) is 0 Å². The number of aromatic nitrogens is 2. The highest BCUT2D eigenvalue weighted by Gasteiger charge is 2.34. The van der Waals surface area contributed by atoms with Crippen LogP contribution in [0, 0.1) is 6.92 Å². The molecule has 0 saturated carbocycles. The summed E-state index contributed by atoms with van der Waals surface area (Å²) in [6.45, 7) is 1.62. The van der Waals surface area contributed by atoms with Crippen LogP contribution in [0.2, 0.25) is 0 Å². The van der Waals surface area contributed by atoms with E-state index in [1.54, 1.807) is 24.3 Å². The van der Waals surface area contributed by atoms with E-state index < -0.39 is 36.3 Å². The Labute approximate surface area is 273 Å². The van der Waals surface area contributed by atoms with Crippen LogP contribution in [0.3, 0.4) is 0 Å². The lowest BCUT2D eigenvalue weighted by molar-refractivity contribution is -0.138. The van der Waals surface area contributed by atoms with Gasteiger partial charge in [-0.2, -0.15) is 18.2 Å². The van der Waals surface area contributed by atoms with Crippen molar-refractivity contribution in [2.24, 2.45) is 0 Å². The van der Waals surface area contributed by atoms with Gasteiger partial charge in [-0.1, -0.05) is 47.1 Å². The number of amides is 2. The standard InChI is InChI=1S/C35H31F3N4O6/c1-21-4-3-5-26(16-21)32-40-33(48-41-32)23-8-6-22(7-9-23)19-42(20-31(44)45)34(46)24-10-13-27(14-11-24)39-30(43)17-25-12-15-28(47-2)18-29(25)35(36,37)38/h3-16,18,31,44-45H,17,19-20H2,1-2H3,(H,39,43). The number of hydrogen-bond acceptors (Lipinski definition) is 8.